The molecule has 118 valence electrons. The Morgan fingerprint density at radius 3 is 2.52 bits per heavy atom. The lowest BCUT2D eigenvalue weighted by atomic mass is 9.93. The fourth-order valence-corrected chi connectivity index (χ4v) is 3.94. The first kappa shape index (κ1) is 16.1. The van der Waals surface area contributed by atoms with E-state index >= 15 is 0 Å². The first-order chi connectivity index (χ1) is 9.95. The molecule has 1 aromatic rings. The summed E-state index contributed by atoms with van der Waals surface area (Å²) < 4.78 is 23.6. The third kappa shape index (κ3) is 3.68. The summed E-state index contributed by atoms with van der Waals surface area (Å²) in [4.78, 5) is 2.24. The SMILES string of the molecule is CS(=O)(=O)c1cccc(N(CCO)C2CCCCC2)c1N. The maximum Gasteiger partial charge on any atom is 0.177 e. The molecule has 1 aliphatic carbocycles. The Bertz CT molecular complexity index is 581. The number of para-hydroxylation sites is 1. The van der Waals surface area contributed by atoms with Crippen LogP contribution in [0.25, 0.3) is 0 Å². The average molecular weight is 312 g/mol. The van der Waals surface area contributed by atoms with E-state index in [1.165, 1.54) is 18.7 Å². The van der Waals surface area contributed by atoms with E-state index in [4.69, 9.17) is 5.73 Å². The molecule has 2 rings (SSSR count). The van der Waals surface area contributed by atoms with Gasteiger partial charge < -0.3 is 15.7 Å². The second kappa shape index (κ2) is 6.66. The Balaban J connectivity index is 2.40. The fraction of sp³-hybridized carbons (Fsp3) is 0.600. The van der Waals surface area contributed by atoms with Crippen molar-refractivity contribution in [3.63, 3.8) is 0 Å². The normalized spacial score (nSPS) is 16.9. The Hall–Kier alpha value is -1.27. The molecule has 1 saturated carbocycles. The molecular weight excluding hydrogens is 288 g/mol. The molecule has 6 heteroatoms. The van der Waals surface area contributed by atoms with Crippen molar-refractivity contribution >= 4 is 21.2 Å². The Labute approximate surface area is 126 Å². The van der Waals surface area contributed by atoms with Crippen molar-refractivity contribution in [1.29, 1.82) is 0 Å². The maximum atomic E-state index is 11.8. The maximum absolute atomic E-state index is 11.8. The number of aliphatic hydroxyl groups is 1. The van der Waals surface area contributed by atoms with Crippen LogP contribution in [0.15, 0.2) is 23.1 Å². The Morgan fingerprint density at radius 2 is 1.95 bits per heavy atom. The molecule has 0 spiro atoms. The van der Waals surface area contributed by atoms with E-state index in [-0.39, 0.29) is 11.5 Å². The fourth-order valence-electron chi connectivity index (χ4n) is 3.11. The lowest BCUT2D eigenvalue weighted by Crippen LogP contribution is -2.39. The summed E-state index contributed by atoms with van der Waals surface area (Å²) in [5, 5.41) is 9.35. The smallest absolute Gasteiger partial charge is 0.177 e. The van der Waals surface area contributed by atoms with Gasteiger partial charge in [-0.3, -0.25) is 0 Å². The number of nitrogens with zero attached hydrogens (tertiary/aromatic N) is 1. The van der Waals surface area contributed by atoms with Crippen molar-refractivity contribution in [2.45, 2.75) is 43.0 Å². The molecule has 0 bridgehead atoms. The van der Waals surface area contributed by atoms with Crippen LogP contribution in [-0.2, 0) is 9.84 Å². The number of sulfone groups is 1. The van der Waals surface area contributed by atoms with Gasteiger partial charge in [0.15, 0.2) is 9.84 Å². The molecule has 0 amide bonds. The van der Waals surface area contributed by atoms with Crippen LogP contribution in [0.1, 0.15) is 32.1 Å². The number of nitrogens with two attached hydrogens (primary N) is 1. The molecule has 1 fully saturated rings. The van der Waals surface area contributed by atoms with Gasteiger partial charge in [-0.2, -0.15) is 0 Å². The van der Waals surface area contributed by atoms with E-state index in [2.05, 4.69) is 4.90 Å². The van der Waals surface area contributed by atoms with Gasteiger partial charge in [-0.25, -0.2) is 8.42 Å². The van der Waals surface area contributed by atoms with Crippen molar-refractivity contribution in [2.24, 2.45) is 0 Å². The van der Waals surface area contributed by atoms with E-state index in [1.807, 2.05) is 6.07 Å². The van der Waals surface area contributed by atoms with Crippen molar-refractivity contribution < 1.29 is 13.5 Å². The molecule has 1 aromatic carbocycles. The van der Waals surface area contributed by atoms with E-state index in [0.29, 0.717) is 18.3 Å². The quantitative estimate of drug-likeness (QED) is 0.810. The first-order valence-electron chi connectivity index (χ1n) is 7.41. The van der Waals surface area contributed by atoms with Crippen molar-refractivity contribution in [2.75, 3.05) is 30.0 Å². The summed E-state index contributed by atoms with van der Waals surface area (Å²) in [7, 11) is -3.35. The first-order valence-corrected chi connectivity index (χ1v) is 9.30. The van der Waals surface area contributed by atoms with Crippen LogP contribution >= 0.6 is 0 Å². The minimum absolute atomic E-state index is 0.0268. The zero-order valence-electron chi connectivity index (χ0n) is 12.5. The predicted molar refractivity (Wildman–Crippen MR) is 85.3 cm³/mol. The minimum Gasteiger partial charge on any atom is -0.396 e. The van der Waals surface area contributed by atoms with Gasteiger partial charge in [0.05, 0.1) is 22.9 Å². The molecule has 0 radical (unpaired) electrons. The second-order valence-corrected chi connectivity index (χ2v) is 7.65. The largest absolute Gasteiger partial charge is 0.396 e. The summed E-state index contributed by atoms with van der Waals surface area (Å²) in [6, 6.07) is 5.42. The highest BCUT2D eigenvalue weighted by Crippen LogP contribution is 2.34. The van der Waals surface area contributed by atoms with Crippen molar-refractivity contribution in [3.8, 4) is 0 Å². The molecule has 0 heterocycles. The zero-order valence-corrected chi connectivity index (χ0v) is 13.3. The zero-order chi connectivity index (χ0) is 15.5. The van der Waals surface area contributed by atoms with Gasteiger partial charge in [-0.05, 0) is 25.0 Å². The van der Waals surface area contributed by atoms with Gasteiger partial charge in [0.2, 0.25) is 0 Å². The van der Waals surface area contributed by atoms with Crippen LogP contribution in [0.5, 0.6) is 0 Å². The Morgan fingerprint density at radius 1 is 1.29 bits per heavy atom. The highest BCUT2D eigenvalue weighted by Gasteiger charge is 2.24. The van der Waals surface area contributed by atoms with Gasteiger partial charge in [0.25, 0.3) is 0 Å². The van der Waals surface area contributed by atoms with Gasteiger partial charge in [0, 0.05) is 18.8 Å². The van der Waals surface area contributed by atoms with Gasteiger partial charge in [-0.15, -0.1) is 0 Å². The number of aliphatic hydroxyl groups excluding tert-OH is 1. The molecular formula is C15H24N2O3S. The number of anilines is 2. The summed E-state index contributed by atoms with van der Waals surface area (Å²) in [6.07, 6.45) is 6.85. The molecule has 0 atom stereocenters. The van der Waals surface area contributed by atoms with E-state index in [0.717, 1.165) is 31.4 Å². The average Bonchev–Trinajstić information content (AvgIpc) is 2.45. The van der Waals surface area contributed by atoms with Crippen LogP contribution in [0.2, 0.25) is 0 Å². The van der Waals surface area contributed by atoms with Crippen LogP contribution in [-0.4, -0.2) is 39.0 Å². The summed E-state index contributed by atoms with van der Waals surface area (Å²) in [6.45, 7) is 0.501. The molecule has 0 unspecified atom stereocenters. The molecule has 0 aliphatic heterocycles. The van der Waals surface area contributed by atoms with E-state index in [1.54, 1.807) is 6.07 Å². The second-order valence-electron chi connectivity index (χ2n) is 5.67. The number of rotatable bonds is 5. The van der Waals surface area contributed by atoms with E-state index in [9.17, 15) is 13.5 Å². The third-order valence-electron chi connectivity index (χ3n) is 4.11. The van der Waals surface area contributed by atoms with E-state index < -0.39 is 9.84 Å². The molecule has 1 aliphatic rings. The molecule has 0 saturated heterocycles. The van der Waals surface area contributed by atoms with Crippen molar-refractivity contribution in [1.82, 2.24) is 0 Å². The number of nitrogen functional groups attached to an aromatic ring is 1. The topological polar surface area (TPSA) is 83.6 Å². The summed E-state index contributed by atoms with van der Waals surface area (Å²) >= 11 is 0. The summed E-state index contributed by atoms with van der Waals surface area (Å²) in [5.74, 6) is 0. The predicted octanol–water partition coefficient (Wildman–Crippen LogP) is 1.80. The lowest BCUT2D eigenvalue weighted by Gasteiger charge is -2.36. The lowest BCUT2D eigenvalue weighted by molar-refractivity contribution is 0.290. The number of hydrogen-bond donors (Lipinski definition) is 2. The number of benzene rings is 1. The number of hydrogen-bond acceptors (Lipinski definition) is 5. The van der Waals surface area contributed by atoms with Crippen molar-refractivity contribution in [3.05, 3.63) is 18.2 Å². The van der Waals surface area contributed by atoms with Crippen LogP contribution in [0, 0.1) is 0 Å². The molecule has 3 N–H and O–H groups in total. The summed E-state index contributed by atoms with van der Waals surface area (Å²) in [5.41, 5.74) is 7.12. The van der Waals surface area contributed by atoms with Gasteiger partial charge >= 0.3 is 0 Å². The molecule has 21 heavy (non-hydrogen) atoms. The minimum atomic E-state index is -3.35. The van der Waals surface area contributed by atoms with Gasteiger partial charge in [0.1, 0.15) is 0 Å². The highest BCUT2D eigenvalue weighted by molar-refractivity contribution is 7.90. The van der Waals surface area contributed by atoms with Crippen LogP contribution < -0.4 is 10.6 Å². The molecule has 5 nitrogen and oxygen atoms in total. The monoisotopic (exact) mass is 312 g/mol. The standard InChI is InChI=1S/C15H24N2O3S/c1-21(19,20)14-9-5-8-13(15(14)16)17(10-11-18)12-6-3-2-4-7-12/h5,8-9,12,18H,2-4,6-7,10-11,16H2,1H3. The Kier molecular flexibility index (Phi) is 5.11. The third-order valence-corrected chi connectivity index (χ3v) is 5.26. The van der Waals surface area contributed by atoms with Gasteiger partial charge in [-0.1, -0.05) is 25.3 Å². The molecule has 0 aromatic heterocycles. The van der Waals surface area contributed by atoms with Crippen LogP contribution in [0.4, 0.5) is 11.4 Å². The highest BCUT2D eigenvalue weighted by atomic mass is 32.2. The van der Waals surface area contributed by atoms with Crippen LogP contribution in [0.3, 0.4) is 0 Å².